The minimum atomic E-state index is 0.00960. The normalized spacial score (nSPS) is 17.2. The van der Waals surface area contributed by atoms with Crippen LogP contribution in [0.25, 0.3) is 0 Å². The lowest BCUT2D eigenvalue weighted by Crippen LogP contribution is -2.36. The highest BCUT2D eigenvalue weighted by Crippen LogP contribution is 2.13. The molecule has 1 aliphatic rings. The van der Waals surface area contributed by atoms with Crippen molar-refractivity contribution < 1.29 is 9.90 Å². The van der Waals surface area contributed by atoms with E-state index in [0.29, 0.717) is 25.3 Å². The molecule has 1 aliphatic heterocycles. The molecule has 1 saturated heterocycles. The highest BCUT2D eigenvalue weighted by Gasteiger charge is 2.21. The Kier molecular flexibility index (Phi) is 5.90. The molecule has 0 bridgehead atoms. The summed E-state index contributed by atoms with van der Waals surface area (Å²) in [6, 6.07) is 0. The van der Waals surface area contributed by atoms with Crippen molar-refractivity contribution in [3.8, 4) is 0 Å². The number of aromatic nitrogens is 1. The van der Waals surface area contributed by atoms with Gasteiger partial charge in [-0.25, -0.2) is 4.98 Å². The maximum Gasteiger partial charge on any atom is 0.273 e. The zero-order valence-electron chi connectivity index (χ0n) is 11.6. The van der Waals surface area contributed by atoms with Gasteiger partial charge in [0.2, 0.25) is 0 Å². The molecular formula is C13H22N4O2S. The first kappa shape index (κ1) is 15.4. The molecule has 3 N–H and O–H groups in total. The van der Waals surface area contributed by atoms with Crippen LogP contribution in [-0.4, -0.2) is 71.7 Å². The summed E-state index contributed by atoms with van der Waals surface area (Å²) in [5, 5.41) is 11.7. The molecule has 0 atom stereocenters. The number of β-amino-alcohol motifs (C(OH)–C–C–N with tert-alkyl or cyclic N) is 1. The molecule has 1 fully saturated rings. The van der Waals surface area contributed by atoms with E-state index in [1.165, 1.54) is 11.3 Å². The molecule has 1 aromatic rings. The van der Waals surface area contributed by atoms with Crippen molar-refractivity contribution >= 4 is 17.2 Å². The van der Waals surface area contributed by atoms with Crippen molar-refractivity contribution in [1.82, 2.24) is 14.8 Å². The van der Waals surface area contributed by atoms with Crippen molar-refractivity contribution in [3.05, 3.63) is 16.1 Å². The van der Waals surface area contributed by atoms with Gasteiger partial charge in [0, 0.05) is 38.0 Å². The Morgan fingerprint density at radius 3 is 3.00 bits per heavy atom. The molecule has 0 radical (unpaired) electrons. The number of nitrogens with two attached hydrogens (primary N) is 1. The van der Waals surface area contributed by atoms with E-state index in [2.05, 4.69) is 9.88 Å². The van der Waals surface area contributed by atoms with Crippen LogP contribution >= 0.6 is 11.3 Å². The SMILES string of the molecule is NCCc1nc(C(=O)N2CCCN(CCO)CC2)cs1. The summed E-state index contributed by atoms with van der Waals surface area (Å²) in [5.74, 6) is 0.00960. The Balaban J connectivity index is 1.94. The van der Waals surface area contributed by atoms with E-state index < -0.39 is 0 Å². The van der Waals surface area contributed by atoms with Crippen molar-refractivity contribution in [2.45, 2.75) is 12.8 Å². The fourth-order valence-electron chi connectivity index (χ4n) is 2.35. The van der Waals surface area contributed by atoms with Gasteiger partial charge in [0.15, 0.2) is 0 Å². The van der Waals surface area contributed by atoms with Gasteiger partial charge in [-0.3, -0.25) is 9.69 Å². The van der Waals surface area contributed by atoms with Crippen LogP contribution in [0, 0.1) is 0 Å². The monoisotopic (exact) mass is 298 g/mol. The summed E-state index contributed by atoms with van der Waals surface area (Å²) >= 11 is 1.50. The number of hydrogen-bond acceptors (Lipinski definition) is 6. The molecular weight excluding hydrogens is 276 g/mol. The highest BCUT2D eigenvalue weighted by atomic mass is 32.1. The first-order valence-corrected chi connectivity index (χ1v) is 7.89. The van der Waals surface area contributed by atoms with E-state index >= 15 is 0 Å². The van der Waals surface area contributed by atoms with Crippen LogP contribution in [0.2, 0.25) is 0 Å². The Morgan fingerprint density at radius 2 is 2.25 bits per heavy atom. The standard InChI is InChI=1S/C13H22N4O2S/c14-3-2-12-15-11(10-20-12)13(19)17-5-1-4-16(6-7-17)8-9-18/h10,18H,1-9,14H2. The predicted molar refractivity (Wildman–Crippen MR) is 78.9 cm³/mol. The third kappa shape index (κ3) is 3.99. The summed E-state index contributed by atoms with van der Waals surface area (Å²) in [6.45, 7) is 4.60. The topological polar surface area (TPSA) is 82.7 Å². The Bertz CT molecular complexity index is 438. The quantitative estimate of drug-likeness (QED) is 0.785. The molecule has 1 aromatic heterocycles. The third-order valence-corrected chi connectivity index (χ3v) is 4.33. The molecule has 0 aliphatic carbocycles. The summed E-state index contributed by atoms with van der Waals surface area (Å²) in [6.07, 6.45) is 1.66. The van der Waals surface area contributed by atoms with Crippen molar-refractivity contribution in [2.24, 2.45) is 5.73 Å². The molecule has 112 valence electrons. The van der Waals surface area contributed by atoms with Crippen molar-refractivity contribution in [2.75, 3.05) is 45.9 Å². The zero-order valence-corrected chi connectivity index (χ0v) is 12.4. The number of carbonyl (C=O) groups excluding carboxylic acids is 1. The van der Waals surface area contributed by atoms with Gasteiger partial charge < -0.3 is 15.7 Å². The highest BCUT2D eigenvalue weighted by molar-refractivity contribution is 7.09. The van der Waals surface area contributed by atoms with Gasteiger partial charge >= 0.3 is 0 Å². The molecule has 0 unspecified atom stereocenters. The number of carbonyl (C=O) groups is 1. The average Bonchev–Trinajstić information content (AvgIpc) is 2.78. The fourth-order valence-corrected chi connectivity index (χ4v) is 3.14. The van der Waals surface area contributed by atoms with Crippen LogP contribution in [-0.2, 0) is 6.42 Å². The number of thiazole rings is 1. The number of hydrogen-bond donors (Lipinski definition) is 2. The molecule has 0 saturated carbocycles. The van der Waals surface area contributed by atoms with Gasteiger partial charge in [0.05, 0.1) is 11.6 Å². The number of amides is 1. The number of nitrogens with zero attached hydrogens (tertiary/aromatic N) is 3. The predicted octanol–water partition coefficient (Wildman–Crippen LogP) is -0.216. The van der Waals surface area contributed by atoms with E-state index in [4.69, 9.17) is 10.8 Å². The zero-order chi connectivity index (χ0) is 14.4. The molecule has 20 heavy (non-hydrogen) atoms. The molecule has 2 heterocycles. The summed E-state index contributed by atoms with van der Waals surface area (Å²) in [5.41, 5.74) is 6.03. The lowest BCUT2D eigenvalue weighted by atomic mass is 10.3. The van der Waals surface area contributed by atoms with Crippen LogP contribution in [0.4, 0.5) is 0 Å². The van der Waals surface area contributed by atoms with Gasteiger partial charge in [-0.15, -0.1) is 11.3 Å². The first-order chi connectivity index (χ1) is 9.74. The molecule has 6 nitrogen and oxygen atoms in total. The molecule has 1 amide bonds. The first-order valence-electron chi connectivity index (χ1n) is 7.01. The summed E-state index contributed by atoms with van der Waals surface area (Å²) < 4.78 is 0. The van der Waals surface area contributed by atoms with Crippen LogP contribution in [0.3, 0.4) is 0 Å². The summed E-state index contributed by atoms with van der Waals surface area (Å²) in [4.78, 5) is 20.8. The molecule has 0 spiro atoms. The lowest BCUT2D eigenvalue weighted by Gasteiger charge is -2.20. The second kappa shape index (κ2) is 7.68. The van der Waals surface area contributed by atoms with E-state index in [0.717, 1.165) is 37.5 Å². The van der Waals surface area contributed by atoms with Gasteiger partial charge in [0.1, 0.15) is 5.69 Å². The lowest BCUT2D eigenvalue weighted by molar-refractivity contribution is 0.0755. The molecule has 2 rings (SSSR count). The maximum atomic E-state index is 12.4. The van der Waals surface area contributed by atoms with Crippen LogP contribution < -0.4 is 5.73 Å². The molecule has 7 heteroatoms. The van der Waals surface area contributed by atoms with Gasteiger partial charge in [-0.2, -0.15) is 0 Å². The Hall–Kier alpha value is -1.02. The van der Waals surface area contributed by atoms with Gasteiger partial charge in [-0.1, -0.05) is 0 Å². The van der Waals surface area contributed by atoms with E-state index in [1.807, 2.05) is 10.3 Å². The average molecular weight is 298 g/mol. The minimum absolute atomic E-state index is 0.00960. The number of aliphatic hydroxyl groups excluding tert-OH is 1. The maximum absolute atomic E-state index is 12.4. The van der Waals surface area contributed by atoms with Crippen LogP contribution in [0.15, 0.2) is 5.38 Å². The Labute approximate surface area is 123 Å². The Morgan fingerprint density at radius 1 is 1.40 bits per heavy atom. The van der Waals surface area contributed by atoms with Crippen LogP contribution in [0.1, 0.15) is 21.9 Å². The third-order valence-electron chi connectivity index (χ3n) is 3.42. The fraction of sp³-hybridized carbons (Fsp3) is 0.692. The van der Waals surface area contributed by atoms with E-state index in [1.54, 1.807) is 0 Å². The second-order valence-corrected chi connectivity index (χ2v) is 5.82. The van der Waals surface area contributed by atoms with Crippen LogP contribution in [0.5, 0.6) is 0 Å². The molecule has 0 aromatic carbocycles. The summed E-state index contributed by atoms with van der Waals surface area (Å²) in [7, 11) is 0. The largest absolute Gasteiger partial charge is 0.395 e. The van der Waals surface area contributed by atoms with Crippen molar-refractivity contribution in [3.63, 3.8) is 0 Å². The minimum Gasteiger partial charge on any atom is -0.395 e. The number of rotatable bonds is 5. The smallest absolute Gasteiger partial charge is 0.273 e. The number of aliphatic hydroxyl groups is 1. The van der Waals surface area contributed by atoms with Gasteiger partial charge in [0.25, 0.3) is 5.91 Å². The van der Waals surface area contributed by atoms with Gasteiger partial charge in [-0.05, 0) is 19.5 Å². The second-order valence-electron chi connectivity index (χ2n) is 4.88. The van der Waals surface area contributed by atoms with E-state index in [9.17, 15) is 4.79 Å². The van der Waals surface area contributed by atoms with E-state index in [-0.39, 0.29) is 12.5 Å². The van der Waals surface area contributed by atoms with Crippen molar-refractivity contribution in [1.29, 1.82) is 0 Å².